The van der Waals surface area contributed by atoms with Gasteiger partial charge in [-0.1, -0.05) is 12.1 Å². The SMILES string of the molecule is O=C(O)c1cnc(C(=O)NC2CC2Cc2ccc(C(F)(F)F)cc2)cn1. The van der Waals surface area contributed by atoms with Crippen LogP contribution in [0.1, 0.15) is 38.5 Å². The summed E-state index contributed by atoms with van der Waals surface area (Å²) in [5.74, 6) is -1.56. The number of carboxylic acid groups (broad SMARTS) is 1. The molecule has 2 atom stereocenters. The average Bonchev–Trinajstić information content (AvgIpc) is 3.31. The molecule has 0 bridgehead atoms. The highest BCUT2D eigenvalue weighted by atomic mass is 19.4. The van der Waals surface area contributed by atoms with E-state index in [0.717, 1.165) is 30.1 Å². The Balaban J connectivity index is 1.52. The zero-order valence-corrected chi connectivity index (χ0v) is 13.3. The number of carbonyl (C=O) groups excluding carboxylic acids is 1. The molecule has 6 nitrogen and oxygen atoms in total. The Hall–Kier alpha value is -2.97. The van der Waals surface area contributed by atoms with Gasteiger partial charge < -0.3 is 10.4 Å². The van der Waals surface area contributed by atoms with Crippen LogP contribution in [-0.4, -0.2) is 33.0 Å². The highest BCUT2D eigenvalue weighted by Crippen LogP contribution is 2.35. The number of rotatable bonds is 5. The van der Waals surface area contributed by atoms with Crippen molar-refractivity contribution in [2.24, 2.45) is 5.92 Å². The van der Waals surface area contributed by atoms with Gasteiger partial charge in [0.05, 0.1) is 18.0 Å². The smallest absolute Gasteiger partial charge is 0.416 e. The van der Waals surface area contributed by atoms with E-state index < -0.39 is 23.6 Å². The summed E-state index contributed by atoms with van der Waals surface area (Å²) in [5, 5.41) is 11.5. The van der Waals surface area contributed by atoms with Gasteiger partial charge in [-0.15, -0.1) is 0 Å². The third kappa shape index (κ3) is 4.16. The molecule has 1 amide bonds. The van der Waals surface area contributed by atoms with Crippen molar-refractivity contribution in [2.75, 3.05) is 0 Å². The van der Waals surface area contributed by atoms with E-state index in [-0.39, 0.29) is 23.3 Å². The minimum Gasteiger partial charge on any atom is -0.476 e. The predicted molar refractivity (Wildman–Crippen MR) is 83.5 cm³/mol. The normalized spacial score (nSPS) is 19.0. The van der Waals surface area contributed by atoms with E-state index in [9.17, 15) is 22.8 Å². The minimum absolute atomic E-state index is 0.00943. The lowest BCUT2D eigenvalue weighted by molar-refractivity contribution is -0.137. The Labute approximate surface area is 146 Å². The van der Waals surface area contributed by atoms with Crippen LogP contribution in [0.2, 0.25) is 0 Å². The Morgan fingerprint density at radius 1 is 1.12 bits per heavy atom. The van der Waals surface area contributed by atoms with Crippen molar-refractivity contribution in [1.29, 1.82) is 0 Å². The van der Waals surface area contributed by atoms with Gasteiger partial charge >= 0.3 is 12.1 Å². The fourth-order valence-electron chi connectivity index (χ4n) is 2.58. The van der Waals surface area contributed by atoms with Crippen molar-refractivity contribution in [3.8, 4) is 0 Å². The van der Waals surface area contributed by atoms with Crippen LogP contribution >= 0.6 is 0 Å². The predicted octanol–water partition coefficient (Wildman–Crippen LogP) is 2.55. The number of hydrogen-bond donors (Lipinski definition) is 2. The van der Waals surface area contributed by atoms with Crippen molar-refractivity contribution in [2.45, 2.75) is 25.1 Å². The van der Waals surface area contributed by atoms with Crippen molar-refractivity contribution in [3.05, 3.63) is 59.2 Å². The molecule has 0 aliphatic heterocycles. The molecular formula is C17H14F3N3O3. The number of alkyl halides is 3. The zero-order chi connectivity index (χ0) is 18.9. The van der Waals surface area contributed by atoms with E-state index in [1.165, 1.54) is 12.1 Å². The minimum atomic E-state index is -4.36. The van der Waals surface area contributed by atoms with Crippen molar-refractivity contribution in [3.63, 3.8) is 0 Å². The topological polar surface area (TPSA) is 92.2 Å². The third-order valence-corrected chi connectivity index (χ3v) is 4.12. The van der Waals surface area contributed by atoms with E-state index in [4.69, 9.17) is 5.11 Å². The first-order valence-electron chi connectivity index (χ1n) is 7.76. The molecule has 2 unspecified atom stereocenters. The summed E-state index contributed by atoms with van der Waals surface area (Å²) in [6.07, 6.45) is -0.984. The molecule has 3 rings (SSSR count). The number of benzene rings is 1. The number of carboxylic acids is 1. The van der Waals surface area contributed by atoms with Gasteiger partial charge in [0.1, 0.15) is 5.69 Å². The first kappa shape index (κ1) is 17.8. The maximum absolute atomic E-state index is 12.5. The van der Waals surface area contributed by atoms with Crippen molar-refractivity contribution in [1.82, 2.24) is 15.3 Å². The highest BCUT2D eigenvalue weighted by Gasteiger charge is 2.38. The summed E-state index contributed by atoms with van der Waals surface area (Å²) in [6, 6.07) is 4.88. The van der Waals surface area contributed by atoms with Gasteiger partial charge in [-0.2, -0.15) is 13.2 Å². The van der Waals surface area contributed by atoms with Crippen LogP contribution in [0.3, 0.4) is 0 Å². The number of hydrogen-bond acceptors (Lipinski definition) is 4. The van der Waals surface area contributed by atoms with Gasteiger partial charge in [-0.3, -0.25) is 4.79 Å². The van der Waals surface area contributed by atoms with Crippen LogP contribution in [0.4, 0.5) is 13.2 Å². The van der Waals surface area contributed by atoms with E-state index >= 15 is 0 Å². The summed E-state index contributed by atoms with van der Waals surface area (Å²) in [5.41, 5.74) is -0.168. The molecule has 1 aliphatic carbocycles. The molecule has 26 heavy (non-hydrogen) atoms. The van der Waals surface area contributed by atoms with Gasteiger partial charge in [0.25, 0.3) is 5.91 Å². The van der Waals surface area contributed by atoms with Gasteiger partial charge in [0.2, 0.25) is 0 Å². The van der Waals surface area contributed by atoms with E-state index in [2.05, 4.69) is 15.3 Å². The number of nitrogens with zero attached hydrogens (tertiary/aromatic N) is 2. The summed E-state index contributed by atoms with van der Waals surface area (Å²) >= 11 is 0. The number of nitrogens with one attached hydrogen (secondary N) is 1. The largest absolute Gasteiger partial charge is 0.476 e. The van der Waals surface area contributed by atoms with Gasteiger partial charge in [-0.05, 0) is 36.5 Å². The first-order valence-corrected chi connectivity index (χ1v) is 7.76. The summed E-state index contributed by atoms with van der Waals surface area (Å²) < 4.78 is 37.6. The lowest BCUT2D eigenvalue weighted by atomic mass is 10.1. The summed E-state index contributed by atoms with van der Waals surface area (Å²) in [7, 11) is 0. The Kier molecular flexibility index (Phi) is 4.62. The molecule has 2 N–H and O–H groups in total. The molecule has 1 aromatic carbocycles. The van der Waals surface area contributed by atoms with Gasteiger partial charge in [-0.25, -0.2) is 14.8 Å². The van der Waals surface area contributed by atoms with Crippen LogP contribution in [0, 0.1) is 5.92 Å². The lowest BCUT2D eigenvalue weighted by Gasteiger charge is -2.08. The molecule has 1 fully saturated rings. The standard InChI is InChI=1S/C17H14F3N3O3/c18-17(19,20)11-3-1-9(2-4-11)5-10-6-12(10)23-15(24)13-7-22-14(8-21-13)16(25)26/h1-4,7-8,10,12H,5-6H2,(H,23,24)(H,25,26). The van der Waals surface area contributed by atoms with Gasteiger partial charge in [0, 0.05) is 6.04 Å². The summed E-state index contributed by atoms with van der Waals surface area (Å²) in [4.78, 5) is 30.1. The lowest BCUT2D eigenvalue weighted by Crippen LogP contribution is -2.28. The second kappa shape index (κ2) is 6.74. The average molecular weight is 365 g/mol. The van der Waals surface area contributed by atoms with Crippen LogP contribution < -0.4 is 5.32 Å². The van der Waals surface area contributed by atoms with Crippen molar-refractivity contribution >= 4 is 11.9 Å². The maximum Gasteiger partial charge on any atom is 0.416 e. The Morgan fingerprint density at radius 2 is 1.73 bits per heavy atom. The quantitative estimate of drug-likeness (QED) is 0.850. The number of carbonyl (C=O) groups is 2. The van der Waals surface area contributed by atoms with Crippen LogP contribution in [-0.2, 0) is 12.6 Å². The number of amides is 1. The molecule has 0 saturated heterocycles. The molecule has 1 heterocycles. The molecule has 9 heteroatoms. The molecule has 0 radical (unpaired) electrons. The number of halogens is 3. The van der Waals surface area contributed by atoms with E-state index in [0.29, 0.717) is 12.8 Å². The van der Waals surface area contributed by atoms with Crippen LogP contribution in [0.15, 0.2) is 36.7 Å². The fraction of sp³-hybridized carbons (Fsp3) is 0.294. The zero-order valence-electron chi connectivity index (χ0n) is 13.3. The molecular weight excluding hydrogens is 351 g/mol. The third-order valence-electron chi connectivity index (χ3n) is 4.12. The number of aromatic carboxylic acids is 1. The molecule has 0 spiro atoms. The maximum atomic E-state index is 12.5. The highest BCUT2D eigenvalue weighted by molar-refractivity contribution is 5.93. The van der Waals surface area contributed by atoms with Gasteiger partial charge in [0.15, 0.2) is 5.69 Å². The molecule has 1 aromatic heterocycles. The summed E-state index contributed by atoms with van der Waals surface area (Å²) in [6.45, 7) is 0. The molecule has 1 aliphatic rings. The second-order valence-electron chi connectivity index (χ2n) is 6.07. The van der Waals surface area contributed by atoms with Crippen LogP contribution in [0.25, 0.3) is 0 Å². The Bertz CT molecular complexity index is 820. The molecule has 136 valence electrons. The molecule has 1 saturated carbocycles. The monoisotopic (exact) mass is 365 g/mol. The Morgan fingerprint density at radius 3 is 2.27 bits per heavy atom. The van der Waals surface area contributed by atoms with Crippen LogP contribution in [0.5, 0.6) is 0 Å². The number of aromatic nitrogens is 2. The molecule has 2 aromatic rings. The first-order chi connectivity index (χ1) is 12.2. The fourth-order valence-corrected chi connectivity index (χ4v) is 2.58. The second-order valence-corrected chi connectivity index (χ2v) is 6.07. The van der Waals surface area contributed by atoms with E-state index in [1.54, 1.807) is 0 Å². The van der Waals surface area contributed by atoms with E-state index in [1.807, 2.05) is 0 Å². The van der Waals surface area contributed by atoms with Crippen molar-refractivity contribution < 1.29 is 27.9 Å².